The third-order valence-electron chi connectivity index (χ3n) is 1.21. The Morgan fingerprint density at radius 1 is 0.833 bits per heavy atom. The van der Waals surface area contributed by atoms with Crippen LogP contribution in [0.5, 0.6) is 0 Å². The standard InChI is InChI=1S/C5H10.Pb/c1-3-5-4-2;/h1-5H2;. The normalized spacial score (nSPS) is 24.0. The Balaban J connectivity index is 2.00. The number of hydrogen-bond donors (Lipinski definition) is 0. The van der Waals surface area contributed by atoms with Crippen LogP contribution in [0.15, 0.2) is 0 Å². The van der Waals surface area contributed by atoms with E-state index in [4.69, 9.17) is 0 Å². The molecule has 0 nitrogen and oxygen atoms in total. The molecule has 2 radical (unpaired) electrons. The molecule has 6 heavy (non-hydrogen) atoms. The van der Waals surface area contributed by atoms with Crippen LogP contribution in [0.3, 0.4) is 0 Å². The van der Waals surface area contributed by atoms with E-state index in [9.17, 15) is 0 Å². The Morgan fingerprint density at radius 2 is 1.50 bits per heavy atom. The van der Waals surface area contributed by atoms with Crippen LogP contribution < -0.4 is 0 Å². The van der Waals surface area contributed by atoms with Crippen LogP contribution in [0.4, 0.5) is 0 Å². The van der Waals surface area contributed by atoms with Crippen molar-refractivity contribution in [1.82, 2.24) is 0 Å². The molecule has 0 aromatic heterocycles. The molecule has 1 fully saturated rings. The van der Waals surface area contributed by atoms with E-state index in [2.05, 4.69) is 0 Å². The molecular weight excluding hydrogens is 267 g/mol. The van der Waals surface area contributed by atoms with Gasteiger partial charge in [-0.05, 0) is 0 Å². The molecule has 1 aliphatic rings. The summed E-state index contributed by atoms with van der Waals surface area (Å²) < 4.78 is 3.39. The van der Waals surface area contributed by atoms with Crippen molar-refractivity contribution >= 4 is 24.2 Å². The Labute approximate surface area is 51.5 Å². The first-order chi connectivity index (χ1) is 3.00. The summed E-state index contributed by atoms with van der Waals surface area (Å²) in [4.78, 5) is 0. The van der Waals surface area contributed by atoms with Crippen molar-refractivity contribution in [1.29, 1.82) is 0 Å². The van der Waals surface area contributed by atoms with Crippen LogP contribution in [-0.2, 0) is 0 Å². The molecule has 0 amide bonds. The fourth-order valence-corrected chi connectivity index (χ4v) is 5.66. The van der Waals surface area contributed by atoms with Crippen molar-refractivity contribution in [3.05, 3.63) is 0 Å². The average Bonchev–Trinajstić information content (AvgIpc) is 1.72. The zero-order valence-electron chi connectivity index (χ0n) is 4.04. The van der Waals surface area contributed by atoms with Gasteiger partial charge in [-0.1, -0.05) is 0 Å². The second-order valence-electron chi connectivity index (χ2n) is 1.81. The Kier molecular flexibility index (Phi) is 2.53. The van der Waals surface area contributed by atoms with Crippen molar-refractivity contribution in [3.8, 4) is 0 Å². The Hall–Kier alpha value is 0.922. The predicted octanol–water partition coefficient (Wildman–Crippen LogP) is 1.71. The van der Waals surface area contributed by atoms with E-state index in [0.717, 1.165) is 0 Å². The zero-order chi connectivity index (χ0) is 4.24. The van der Waals surface area contributed by atoms with E-state index in [1.54, 1.807) is 27.2 Å². The molecular formula is C5H10Pb. The topological polar surface area (TPSA) is 0 Å². The summed E-state index contributed by atoms with van der Waals surface area (Å²) >= 11 is 0.112. The summed E-state index contributed by atoms with van der Waals surface area (Å²) in [5.74, 6) is 0. The third-order valence-corrected chi connectivity index (χ3v) is 6.70. The van der Waals surface area contributed by atoms with Gasteiger partial charge < -0.3 is 0 Å². The molecule has 0 bridgehead atoms. The molecule has 0 aliphatic carbocycles. The molecule has 1 rings (SSSR count). The van der Waals surface area contributed by atoms with Gasteiger partial charge in [0.05, 0.1) is 0 Å². The Bertz CT molecular complexity index is 19.4. The van der Waals surface area contributed by atoms with E-state index in [1.807, 2.05) is 0 Å². The molecule has 0 saturated carbocycles. The molecule has 0 aromatic carbocycles. The van der Waals surface area contributed by atoms with Gasteiger partial charge in [0.2, 0.25) is 0 Å². The molecule has 1 saturated heterocycles. The van der Waals surface area contributed by atoms with E-state index >= 15 is 0 Å². The third kappa shape index (κ3) is 1.58. The fraction of sp³-hybridized carbons (Fsp3) is 1.00. The van der Waals surface area contributed by atoms with Gasteiger partial charge in [0.1, 0.15) is 0 Å². The maximum absolute atomic E-state index is 1.69. The van der Waals surface area contributed by atoms with Crippen LogP contribution in [0.1, 0.15) is 19.3 Å². The van der Waals surface area contributed by atoms with Gasteiger partial charge in [-0.25, -0.2) is 0 Å². The van der Waals surface area contributed by atoms with Crippen molar-refractivity contribution in [2.45, 2.75) is 27.2 Å². The summed E-state index contributed by atoms with van der Waals surface area (Å²) in [6.07, 6.45) is 4.72. The van der Waals surface area contributed by atoms with Gasteiger partial charge in [0, 0.05) is 0 Å². The average molecular weight is 277 g/mol. The van der Waals surface area contributed by atoms with E-state index in [-0.39, 0.29) is 24.2 Å². The number of rotatable bonds is 0. The van der Waals surface area contributed by atoms with Gasteiger partial charge in [-0.15, -0.1) is 0 Å². The maximum atomic E-state index is 1.69. The first-order valence-corrected chi connectivity index (χ1v) is 8.20. The van der Waals surface area contributed by atoms with Crippen molar-refractivity contribution < 1.29 is 0 Å². The molecule has 1 aliphatic heterocycles. The second-order valence-corrected chi connectivity index (χ2v) is 7.64. The second kappa shape index (κ2) is 2.99. The van der Waals surface area contributed by atoms with Crippen LogP contribution in [-0.4, -0.2) is 24.2 Å². The van der Waals surface area contributed by atoms with Gasteiger partial charge >= 0.3 is 51.5 Å². The molecule has 1 heterocycles. The molecule has 0 spiro atoms. The summed E-state index contributed by atoms with van der Waals surface area (Å²) in [6, 6.07) is 0. The molecule has 1 heteroatoms. The van der Waals surface area contributed by atoms with Gasteiger partial charge in [0.15, 0.2) is 0 Å². The summed E-state index contributed by atoms with van der Waals surface area (Å²) in [6.45, 7) is 0. The molecule has 0 aromatic rings. The van der Waals surface area contributed by atoms with Crippen molar-refractivity contribution in [2.75, 3.05) is 0 Å². The summed E-state index contributed by atoms with van der Waals surface area (Å²) in [5, 5.41) is 0. The Morgan fingerprint density at radius 3 is 1.67 bits per heavy atom. The molecule has 0 unspecified atom stereocenters. The minimum atomic E-state index is 0.112. The van der Waals surface area contributed by atoms with Crippen molar-refractivity contribution in [2.24, 2.45) is 0 Å². The van der Waals surface area contributed by atoms with Gasteiger partial charge in [0.25, 0.3) is 0 Å². The SMILES string of the molecule is C1C[CH2][Pb][CH2]C1. The van der Waals surface area contributed by atoms with Gasteiger partial charge in [-0.2, -0.15) is 0 Å². The van der Waals surface area contributed by atoms with E-state index < -0.39 is 0 Å². The van der Waals surface area contributed by atoms with Crippen LogP contribution in [0.2, 0.25) is 7.96 Å². The van der Waals surface area contributed by atoms with Crippen LogP contribution in [0, 0.1) is 0 Å². The minimum absolute atomic E-state index is 0.112. The van der Waals surface area contributed by atoms with E-state index in [0.29, 0.717) is 0 Å². The molecule has 0 atom stereocenters. The first kappa shape index (κ1) is 5.07. The quantitative estimate of drug-likeness (QED) is 0.591. The van der Waals surface area contributed by atoms with E-state index in [1.165, 1.54) is 0 Å². The van der Waals surface area contributed by atoms with Gasteiger partial charge in [-0.3, -0.25) is 0 Å². The number of hydrogen-bond acceptors (Lipinski definition) is 0. The first-order valence-electron chi connectivity index (χ1n) is 2.71. The summed E-state index contributed by atoms with van der Waals surface area (Å²) in [5.41, 5.74) is 0. The zero-order valence-corrected chi connectivity index (χ0v) is 7.92. The van der Waals surface area contributed by atoms with Crippen molar-refractivity contribution in [3.63, 3.8) is 0 Å². The summed E-state index contributed by atoms with van der Waals surface area (Å²) in [7, 11) is 0. The van der Waals surface area contributed by atoms with Crippen LogP contribution >= 0.6 is 0 Å². The van der Waals surface area contributed by atoms with Crippen LogP contribution in [0.25, 0.3) is 0 Å². The molecule has 34 valence electrons. The predicted molar refractivity (Wildman–Crippen MR) is 29.2 cm³/mol. The fourth-order valence-electron chi connectivity index (χ4n) is 0.802. The monoisotopic (exact) mass is 278 g/mol. The molecule has 0 N–H and O–H groups in total.